The first-order valence-electron chi connectivity index (χ1n) is 8.49. The maximum atomic E-state index is 11.0. The predicted molar refractivity (Wildman–Crippen MR) is 84.6 cm³/mol. The molecule has 1 aliphatic rings. The SMILES string of the molecule is CCCCCCC1CCC(C=CCCCC(=O)OC)C1. The monoisotopic (exact) mass is 280 g/mol. The van der Waals surface area contributed by atoms with Crippen LogP contribution in [0.1, 0.15) is 77.6 Å². The Kier molecular flexibility index (Phi) is 9.44. The quantitative estimate of drug-likeness (QED) is 0.309. The van der Waals surface area contributed by atoms with Crippen molar-refractivity contribution in [2.24, 2.45) is 11.8 Å². The zero-order valence-corrected chi connectivity index (χ0v) is 13.4. The summed E-state index contributed by atoms with van der Waals surface area (Å²) < 4.78 is 4.64. The number of hydrogen-bond donors (Lipinski definition) is 0. The number of unbranched alkanes of at least 4 members (excludes halogenated alkanes) is 4. The molecule has 0 bridgehead atoms. The average Bonchev–Trinajstić information content (AvgIpc) is 2.91. The van der Waals surface area contributed by atoms with Crippen molar-refractivity contribution < 1.29 is 9.53 Å². The highest BCUT2D eigenvalue weighted by Crippen LogP contribution is 2.35. The van der Waals surface area contributed by atoms with E-state index in [1.54, 1.807) is 0 Å². The van der Waals surface area contributed by atoms with Crippen LogP contribution in [0.3, 0.4) is 0 Å². The van der Waals surface area contributed by atoms with Gasteiger partial charge in [-0.1, -0.05) is 51.2 Å². The number of rotatable bonds is 10. The summed E-state index contributed by atoms with van der Waals surface area (Å²) in [5.41, 5.74) is 0. The molecule has 2 heteroatoms. The largest absolute Gasteiger partial charge is 0.469 e. The number of ether oxygens (including phenoxy) is 1. The van der Waals surface area contributed by atoms with Crippen molar-refractivity contribution >= 4 is 5.97 Å². The zero-order chi connectivity index (χ0) is 14.6. The van der Waals surface area contributed by atoms with E-state index >= 15 is 0 Å². The highest BCUT2D eigenvalue weighted by Gasteiger charge is 2.21. The van der Waals surface area contributed by atoms with E-state index in [-0.39, 0.29) is 5.97 Å². The molecule has 0 aromatic rings. The van der Waals surface area contributed by atoms with Gasteiger partial charge in [-0.2, -0.15) is 0 Å². The molecule has 0 N–H and O–H groups in total. The minimum Gasteiger partial charge on any atom is -0.469 e. The van der Waals surface area contributed by atoms with Crippen molar-refractivity contribution in [1.29, 1.82) is 0 Å². The molecule has 2 atom stereocenters. The molecule has 20 heavy (non-hydrogen) atoms. The third-order valence-corrected chi connectivity index (χ3v) is 4.44. The van der Waals surface area contributed by atoms with E-state index in [2.05, 4.69) is 23.8 Å². The molecule has 0 aliphatic heterocycles. The fourth-order valence-electron chi connectivity index (χ4n) is 3.17. The first kappa shape index (κ1) is 17.3. The number of carbonyl (C=O) groups is 1. The first-order chi connectivity index (χ1) is 9.76. The second-order valence-corrected chi connectivity index (χ2v) is 6.19. The molecule has 0 heterocycles. The van der Waals surface area contributed by atoms with Crippen molar-refractivity contribution in [2.75, 3.05) is 7.11 Å². The maximum absolute atomic E-state index is 11.0. The van der Waals surface area contributed by atoms with Gasteiger partial charge in [0, 0.05) is 6.42 Å². The molecule has 116 valence electrons. The molecule has 1 aliphatic carbocycles. The van der Waals surface area contributed by atoms with Gasteiger partial charge in [0.15, 0.2) is 0 Å². The number of methoxy groups -OCH3 is 1. The van der Waals surface area contributed by atoms with Crippen molar-refractivity contribution in [3.63, 3.8) is 0 Å². The summed E-state index contributed by atoms with van der Waals surface area (Å²) in [6.07, 6.45) is 18.3. The molecule has 2 unspecified atom stereocenters. The number of carbonyl (C=O) groups excluding carboxylic acids is 1. The van der Waals surface area contributed by atoms with Gasteiger partial charge in [-0.05, 0) is 43.9 Å². The second-order valence-electron chi connectivity index (χ2n) is 6.19. The Bertz CT molecular complexity index is 283. The lowest BCUT2D eigenvalue weighted by molar-refractivity contribution is -0.140. The van der Waals surface area contributed by atoms with Crippen LogP contribution in [0.15, 0.2) is 12.2 Å². The molecular weight excluding hydrogens is 248 g/mol. The minimum atomic E-state index is -0.0913. The standard InChI is InChI=1S/C18H32O2/c1-3-4-5-7-10-16-13-14-17(15-16)11-8-6-9-12-18(19)20-2/h8,11,16-17H,3-7,9-10,12-15H2,1-2H3. The van der Waals surface area contributed by atoms with Crippen LogP contribution in [0.5, 0.6) is 0 Å². The van der Waals surface area contributed by atoms with Crippen LogP contribution in [0.2, 0.25) is 0 Å². The van der Waals surface area contributed by atoms with E-state index in [0.29, 0.717) is 6.42 Å². The van der Waals surface area contributed by atoms with E-state index in [4.69, 9.17) is 0 Å². The molecule has 0 aromatic carbocycles. The Labute approximate surface area is 125 Å². The van der Waals surface area contributed by atoms with Gasteiger partial charge in [-0.15, -0.1) is 0 Å². The number of esters is 1. The summed E-state index contributed by atoms with van der Waals surface area (Å²) in [6, 6.07) is 0. The van der Waals surface area contributed by atoms with Gasteiger partial charge in [0.25, 0.3) is 0 Å². The van der Waals surface area contributed by atoms with Gasteiger partial charge in [-0.3, -0.25) is 4.79 Å². The Morgan fingerprint density at radius 2 is 2.05 bits per heavy atom. The zero-order valence-electron chi connectivity index (χ0n) is 13.4. The number of allylic oxidation sites excluding steroid dienone is 2. The molecule has 0 aromatic heterocycles. The van der Waals surface area contributed by atoms with Crippen LogP contribution in [0.4, 0.5) is 0 Å². The minimum absolute atomic E-state index is 0.0913. The van der Waals surface area contributed by atoms with Crippen molar-refractivity contribution in [3.05, 3.63) is 12.2 Å². The van der Waals surface area contributed by atoms with Gasteiger partial charge in [-0.25, -0.2) is 0 Å². The van der Waals surface area contributed by atoms with Crippen LogP contribution in [-0.2, 0) is 9.53 Å². The molecule has 2 nitrogen and oxygen atoms in total. The van der Waals surface area contributed by atoms with Gasteiger partial charge >= 0.3 is 5.97 Å². The van der Waals surface area contributed by atoms with Crippen molar-refractivity contribution in [2.45, 2.75) is 77.6 Å². The van der Waals surface area contributed by atoms with Gasteiger partial charge in [0.1, 0.15) is 0 Å². The summed E-state index contributed by atoms with van der Waals surface area (Å²) >= 11 is 0. The number of hydrogen-bond acceptors (Lipinski definition) is 2. The Balaban J connectivity index is 2.04. The second kappa shape index (κ2) is 10.9. The van der Waals surface area contributed by atoms with Crippen LogP contribution < -0.4 is 0 Å². The first-order valence-corrected chi connectivity index (χ1v) is 8.49. The van der Waals surface area contributed by atoms with Gasteiger partial charge in [0.05, 0.1) is 7.11 Å². The molecule has 1 saturated carbocycles. The molecule has 1 fully saturated rings. The average molecular weight is 280 g/mol. The highest BCUT2D eigenvalue weighted by molar-refractivity contribution is 5.68. The van der Waals surface area contributed by atoms with Crippen LogP contribution in [0, 0.1) is 11.8 Å². The van der Waals surface area contributed by atoms with Crippen molar-refractivity contribution in [3.8, 4) is 0 Å². The Morgan fingerprint density at radius 3 is 2.80 bits per heavy atom. The van der Waals surface area contributed by atoms with E-state index in [0.717, 1.165) is 24.7 Å². The summed E-state index contributed by atoms with van der Waals surface area (Å²) in [5, 5.41) is 0. The van der Waals surface area contributed by atoms with E-state index in [1.807, 2.05) is 0 Å². The normalized spacial score (nSPS) is 22.5. The molecule has 0 spiro atoms. The third kappa shape index (κ3) is 7.72. The summed E-state index contributed by atoms with van der Waals surface area (Å²) in [7, 11) is 1.46. The summed E-state index contributed by atoms with van der Waals surface area (Å²) in [6.45, 7) is 2.27. The fraction of sp³-hybridized carbons (Fsp3) is 0.833. The van der Waals surface area contributed by atoms with Gasteiger partial charge < -0.3 is 4.74 Å². The lowest BCUT2D eigenvalue weighted by atomic mass is 9.97. The highest BCUT2D eigenvalue weighted by atomic mass is 16.5. The Morgan fingerprint density at radius 1 is 1.20 bits per heavy atom. The van der Waals surface area contributed by atoms with Crippen LogP contribution >= 0.6 is 0 Å². The molecular formula is C18H32O2. The molecule has 0 radical (unpaired) electrons. The van der Waals surface area contributed by atoms with Crippen LogP contribution in [0.25, 0.3) is 0 Å². The lowest BCUT2D eigenvalue weighted by Gasteiger charge is -2.08. The Hall–Kier alpha value is -0.790. The van der Waals surface area contributed by atoms with E-state index in [9.17, 15) is 4.79 Å². The van der Waals surface area contributed by atoms with Crippen LogP contribution in [-0.4, -0.2) is 13.1 Å². The molecule has 0 amide bonds. The van der Waals surface area contributed by atoms with Gasteiger partial charge in [0.2, 0.25) is 0 Å². The van der Waals surface area contributed by atoms with E-state index < -0.39 is 0 Å². The summed E-state index contributed by atoms with van der Waals surface area (Å²) in [4.78, 5) is 11.0. The third-order valence-electron chi connectivity index (χ3n) is 4.44. The lowest BCUT2D eigenvalue weighted by Crippen LogP contribution is -1.98. The molecule has 1 rings (SSSR count). The van der Waals surface area contributed by atoms with Crippen molar-refractivity contribution in [1.82, 2.24) is 0 Å². The summed E-state index contributed by atoms with van der Waals surface area (Å²) in [5.74, 6) is 1.67. The smallest absolute Gasteiger partial charge is 0.305 e. The maximum Gasteiger partial charge on any atom is 0.305 e. The predicted octanol–water partition coefficient (Wildman–Crippen LogP) is 5.27. The fourth-order valence-corrected chi connectivity index (χ4v) is 3.17. The molecule has 0 saturated heterocycles. The van der Waals surface area contributed by atoms with E-state index in [1.165, 1.54) is 58.5 Å². The topological polar surface area (TPSA) is 26.3 Å².